The molecule has 0 radical (unpaired) electrons. The summed E-state index contributed by atoms with van der Waals surface area (Å²) in [6, 6.07) is 15.9. The predicted molar refractivity (Wildman–Crippen MR) is 128 cm³/mol. The van der Waals surface area contributed by atoms with Gasteiger partial charge in [0.15, 0.2) is 5.16 Å². The lowest BCUT2D eigenvalue weighted by Gasteiger charge is -2.27. The lowest BCUT2D eigenvalue weighted by Crippen LogP contribution is -2.33. The van der Waals surface area contributed by atoms with E-state index < -0.39 is 0 Å². The first kappa shape index (κ1) is 22.1. The average Bonchev–Trinajstić information content (AvgIpc) is 2.80. The molecule has 1 atom stereocenters. The van der Waals surface area contributed by atoms with Crippen molar-refractivity contribution in [2.45, 2.75) is 43.5 Å². The van der Waals surface area contributed by atoms with E-state index in [-0.39, 0.29) is 23.8 Å². The van der Waals surface area contributed by atoms with Crippen LogP contribution in [0.4, 0.5) is 5.82 Å². The highest BCUT2D eigenvalue weighted by Gasteiger charge is 2.32. The lowest BCUT2D eigenvalue weighted by molar-refractivity contribution is -0.116. The third kappa shape index (κ3) is 4.72. The average molecular weight is 450 g/mol. The molecule has 1 aliphatic rings. The largest absolute Gasteiger partial charge is 0.494 e. The van der Waals surface area contributed by atoms with Gasteiger partial charge in [-0.2, -0.15) is 4.98 Å². The van der Waals surface area contributed by atoms with Gasteiger partial charge in [0.2, 0.25) is 5.91 Å². The smallest absolute Gasteiger partial charge is 0.279 e. The van der Waals surface area contributed by atoms with Gasteiger partial charge in [0.05, 0.1) is 12.2 Å². The van der Waals surface area contributed by atoms with E-state index in [4.69, 9.17) is 4.74 Å². The second-order valence-electron chi connectivity index (χ2n) is 8.02. The first-order valence-corrected chi connectivity index (χ1v) is 11.8. The standard InChI is InChI=1S/C25H27N3O3S/c1-4-13-31-19-11-9-18(10-12-19)20-14-21(29)26-23-22(20)24(30)27-25(28(23)3)32-15-17-7-5-16(2)6-8-17/h5-12,20H,4,13-15H2,1-3H3,(H,26,29). The topological polar surface area (TPSA) is 73.2 Å². The van der Waals surface area contributed by atoms with E-state index in [0.717, 1.165) is 23.3 Å². The summed E-state index contributed by atoms with van der Waals surface area (Å²) < 4.78 is 7.47. The van der Waals surface area contributed by atoms with Crippen molar-refractivity contribution in [2.75, 3.05) is 11.9 Å². The number of fused-ring (bicyclic) bond motifs is 1. The first-order valence-electron chi connectivity index (χ1n) is 10.8. The molecule has 2 aromatic carbocycles. The minimum atomic E-state index is -0.332. The minimum absolute atomic E-state index is 0.107. The van der Waals surface area contributed by atoms with Crippen molar-refractivity contribution in [1.29, 1.82) is 0 Å². The first-order chi connectivity index (χ1) is 15.5. The number of amides is 1. The Morgan fingerprint density at radius 1 is 1.12 bits per heavy atom. The van der Waals surface area contributed by atoms with Crippen LogP contribution in [0.1, 0.15) is 47.9 Å². The number of aromatic nitrogens is 2. The molecule has 1 unspecified atom stereocenters. The zero-order chi connectivity index (χ0) is 22.7. The molecule has 0 spiro atoms. The molecule has 32 heavy (non-hydrogen) atoms. The summed E-state index contributed by atoms with van der Waals surface area (Å²) in [5.74, 6) is 1.57. The van der Waals surface area contributed by atoms with E-state index in [1.807, 2.05) is 35.9 Å². The third-order valence-electron chi connectivity index (χ3n) is 5.54. The highest BCUT2D eigenvalue weighted by Crippen LogP contribution is 2.36. The van der Waals surface area contributed by atoms with Gasteiger partial charge in [-0.3, -0.25) is 9.59 Å². The molecule has 0 saturated heterocycles. The zero-order valence-corrected chi connectivity index (χ0v) is 19.4. The second kappa shape index (κ2) is 9.61. The normalized spacial score (nSPS) is 15.2. The summed E-state index contributed by atoms with van der Waals surface area (Å²) in [6.45, 7) is 4.76. The minimum Gasteiger partial charge on any atom is -0.494 e. The maximum absolute atomic E-state index is 13.1. The number of ether oxygens (including phenoxy) is 1. The van der Waals surface area contributed by atoms with Crippen LogP contribution in [0.15, 0.2) is 58.5 Å². The van der Waals surface area contributed by atoms with Crippen LogP contribution < -0.4 is 15.6 Å². The molecule has 2 heterocycles. The Kier molecular flexibility index (Phi) is 6.65. The summed E-state index contributed by atoms with van der Waals surface area (Å²) in [4.78, 5) is 30.0. The number of carbonyl (C=O) groups is 1. The van der Waals surface area contributed by atoms with Crippen LogP contribution in [0.2, 0.25) is 0 Å². The van der Waals surface area contributed by atoms with Gasteiger partial charge in [0.1, 0.15) is 11.6 Å². The molecule has 4 rings (SSSR count). The van der Waals surface area contributed by atoms with Gasteiger partial charge in [-0.05, 0) is 36.6 Å². The van der Waals surface area contributed by atoms with Gasteiger partial charge in [0.25, 0.3) is 5.56 Å². The SMILES string of the molecule is CCCOc1ccc(C2CC(=O)Nc3c2c(=O)nc(SCc2ccc(C)cc2)n3C)cc1. The fourth-order valence-corrected chi connectivity index (χ4v) is 4.72. The van der Waals surface area contributed by atoms with Crippen molar-refractivity contribution < 1.29 is 9.53 Å². The van der Waals surface area contributed by atoms with Crippen LogP contribution in [0.25, 0.3) is 0 Å². The molecule has 166 valence electrons. The number of nitrogens with one attached hydrogen (secondary N) is 1. The summed E-state index contributed by atoms with van der Waals surface area (Å²) in [5.41, 5.74) is 3.51. The summed E-state index contributed by atoms with van der Waals surface area (Å²) in [6.07, 6.45) is 1.15. The van der Waals surface area contributed by atoms with E-state index in [0.29, 0.717) is 28.9 Å². The molecule has 0 bridgehead atoms. The van der Waals surface area contributed by atoms with Crippen LogP contribution in [0.3, 0.4) is 0 Å². The number of hydrogen-bond acceptors (Lipinski definition) is 5. The molecular weight excluding hydrogens is 422 g/mol. The Labute approximate surface area is 192 Å². The Hall–Kier alpha value is -3.06. The summed E-state index contributed by atoms with van der Waals surface area (Å²) in [5, 5.41) is 3.48. The number of carbonyl (C=O) groups excluding carboxylic acids is 1. The number of aryl methyl sites for hydroxylation is 1. The monoisotopic (exact) mass is 449 g/mol. The molecule has 1 amide bonds. The molecule has 6 nitrogen and oxygen atoms in total. The van der Waals surface area contributed by atoms with Gasteiger partial charge in [-0.1, -0.05) is 60.6 Å². The highest BCUT2D eigenvalue weighted by molar-refractivity contribution is 7.98. The lowest BCUT2D eigenvalue weighted by atomic mass is 9.87. The summed E-state index contributed by atoms with van der Waals surface area (Å²) in [7, 11) is 1.84. The Morgan fingerprint density at radius 2 is 1.84 bits per heavy atom. The molecule has 1 N–H and O–H groups in total. The van der Waals surface area contributed by atoms with Crippen LogP contribution in [0, 0.1) is 6.92 Å². The Bertz CT molecular complexity index is 1170. The van der Waals surface area contributed by atoms with Crippen molar-refractivity contribution in [2.24, 2.45) is 7.05 Å². The van der Waals surface area contributed by atoms with E-state index in [1.54, 1.807) is 0 Å². The number of nitrogens with zero attached hydrogens (tertiary/aromatic N) is 2. The van der Waals surface area contributed by atoms with Crippen LogP contribution in [-0.4, -0.2) is 22.1 Å². The fraction of sp³-hybridized carbons (Fsp3) is 0.320. The van der Waals surface area contributed by atoms with Gasteiger partial charge in [-0.25, -0.2) is 0 Å². The van der Waals surface area contributed by atoms with Crippen LogP contribution >= 0.6 is 11.8 Å². The van der Waals surface area contributed by atoms with Crippen LogP contribution in [-0.2, 0) is 17.6 Å². The maximum atomic E-state index is 13.1. The van der Waals surface area contributed by atoms with Crippen LogP contribution in [0.5, 0.6) is 5.75 Å². The molecule has 0 saturated carbocycles. The van der Waals surface area contributed by atoms with E-state index >= 15 is 0 Å². The second-order valence-corrected chi connectivity index (χ2v) is 8.96. The van der Waals surface area contributed by atoms with Gasteiger partial charge in [-0.15, -0.1) is 0 Å². The maximum Gasteiger partial charge on any atom is 0.279 e. The van der Waals surface area contributed by atoms with Gasteiger partial charge >= 0.3 is 0 Å². The Morgan fingerprint density at radius 3 is 2.53 bits per heavy atom. The molecule has 3 aromatic rings. The van der Waals surface area contributed by atoms with E-state index in [1.165, 1.54) is 17.3 Å². The van der Waals surface area contributed by atoms with E-state index in [9.17, 15) is 9.59 Å². The van der Waals surface area contributed by atoms with Gasteiger partial charge in [0, 0.05) is 25.1 Å². The Balaban J connectivity index is 1.63. The molecular formula is C25H27N3O3S. The number of thioether (sulfide) groups is 1. The summed E-state index contributed by atoms with van der Waals surface area (Å²) >= 11 is 1.48. The molecule has 1 aromatic heterocycles. The van der Waals surface area contributed by atoms with Gasteiger partial charge < -0.3 is 14.6 Å². The van der Waals surface area contributed by atoms with Crippen molar-refractivity contribution in [3.05, 3.63) is 81.1 Å². The highest BCUT2D eigenvalue weighted by atomic mass is 32.2. The zero-order valence-electron chi connectivity index (χ0n) is 18.6. The van der Waals surface area contributed by atoms with Crippen molar-refractivity contribution in [3.8, 4) is 5.75 Å². The number of rotatable bonds is 7. The molecule has 0 aliphatic carbocycles. The third-order valence-corrected chi connectivity index (χ3v) is 6.65. The molecule has 7 heteroatoms. The molecule has 0 fully saturated rings. The fourth-order valence-electron chi connectivity index (χ4n) is 3.80. The number of anilines is 1. The quantitative estimate of drug-likeness (QED) is 0.420. The van der Waals surface area contributed by atoms with Crippen molar-refractivity contribution in [1.82, 2.24) is 9.55 Å². The van der Waals surface area contributed by atoms with Crippen molar-refractivity contribution >= 4 is 23.5 Å². The number of hydrogen-bond donors (Lipinski definition) is 1. The molecule has 1 aliphatic heterocycles. The van der Waals surface area contributed by atoms with Crippen molar-refractivity contribution in [3.63, 3.8) is 0 Å². The van der Waals surface area contributed by atoms with E-state index in [2.05, 4.69) is 48.4 Å². The predicted octanol–water partition coefficient (Wildman–Crippen LogP) is 4.64. The number of benzene rings is 2.